The Kier molecular flexibility index (Phi) is 4.21. The fraction of sp³-hybridized carbons (Fsp3) is 0.812. The Morgan fingerprint density at radius 3 is 3.05 bits per heavy atom. The van der Waals surface area contributed by atoms with Gasteiger partial charge in [0, 0.05) is 30.9 Å². The van der Waals surface area contributed by atoms with E-state index in [2.05, 4.69) is 34.3 Å². The molecule has 19 heavy (non-hydrogen) atoms. The summed E-state index contributed by atoms with van der Waals surface area (Å²) in [6.45, 7) is 5.92. The number of hydrogen-bond donors (Lipinski definition) is 1. The number of rotatable bonds is 3. The van der Waals surface area contributed by atoms with E-state index in [-0.39, 0.29) is 0 Å². The van der Waals surface area contributed by atoms with Crippen LogP contribution in [0.1, 0.15) is 57.1 Å². The predicted octanol–water partition coefficient (Wildman–Crippen LogP) is 3.18. The molecule has 2 heterocycles. The largest absolute Gasteiger partial charge is 0.334 e. The van der Waals surface area contributed by atoms with Gasteiger partial charge >= 0.3 is 0 Å². The average molecular weight is 261 g/mol. The molecule has 1 aliphatic heterocycles. The van der Waals surface area contributed by atoms with Gasteiger partial charge in [0.05, 0.1) is 6.33 Å². The highest BCUT2D eigenvalue weighted by molar-refractivity contribution is 5.08. The van der Waals surface area contributed by atoms with E-state index >= 15 is 0 Å². The summed E-state index contributed by atoms with van der Waals surface area (Å²) >= 11 is 0. The summed E-state index contributed by atoms with van der Waals surface area (Å²) in [5, 5.41) is 3.52. The lowest BCUT2D eigenvalue weighted by Gasteiger charge is -2.29. The van der Waals surface area contributed by atoms with Crippen LogP contribution in [-0.4, -0.2) is 22.6 Å². The summed E-state index contributed by atoms with van der Waals surface area (Å²) in [4.78, 5) is 4.42. The van der Waals surface area contributed by atoms with Crippen LogP contribution in [0.4, 0.5) is 0 Å². The molecule has 1 aromatic rings. The quantitative estimate of drug-likeness (QED) is 0.905. The maximum atomic E-state index is 4.42. The van der Waals surface area contributed by atoms with Crippen molar-refractivity contribution in [1.29, 1.82) is 0 Å². The second-order valence-corrected chi connectivity index (χ2v) is 6.65. The summed E-state index contributed by atoms with van der Waals surface area (Å²) in [6, 6.07) is 0. The molecule has 3 heteroatoms. The van der Waals surface area contributed by atoms with Crippen molar-refractivity contribution in [2.75, 3.05) is 13.1 Å². The molecule has 1 saturated carbocycles. The minimum Gasteiger partial charge on any atom is -0.334 e. The maximum absolute atomic E-state index is 4.42. The van der Waals surface area contributed by atoms with Crippen molar-refractivity contribution in [2.45, 2.75) is 57.9 Å². The van der Waals surface area contributed by atoms with Gasteiger partial charge in [0.1, 0.15) is 0 Å². The lowest BCUT2D eigenvalue weighted by molar-refractivity contribution is 0.253. The molecule has 1 aliphatic carbocycles. The zero-order valence-corrected chi connectivity index (χ0v) is 12.1. The van der Waals surface area contributed by atoms with Gasteiger partial charge in [-0.2, -0.15) is 0 Å². The molecule has 1 aromatic heterocycles. The molecule has 2 fully saturated rings. The van der Waals surface area contributed by atoms with Crippen molar-refractivity contribution in [3.8, 4) is 0 Å². The van der Waals surface area contributed by atoms with Crippen LogP contribution in [-0.2, 0) is 6.54 Å². The van der Waals surface area contributed by atoms with Gasteiger partial charge in [-0.25, -0.2) is 4.98 Å². The monoisotopic (exact) mass is 261 g/mol. The highest BCUT2D eigenvalue weighted by Crippen LogP contribution is 2.31. The normalized spacial score (nSPS) is 32.4. The van der Waals surface area contributed by atoms with Crippen LogP contribution in [0.15, 0.2) is 12.5 Å². The van der Waals surface area contributed by atoms with Crippen LogP contribution in [0.2, 0.25) is 0 Å². The molecule has 0 amide bonds. The minimum absolute atomic E-state index is 0.678. The van der Waals surface area contributed by atoms with Crippen molar-refractivity contribution in [3.63, 3.8) is 0 Å². The van der Waals surface area contributed by atoms with E-state index in [9.17, 15) is 0 Å². The third kappa shape index (κ3) is 3.19. The van der Waals surface area contributed by atoms with Crippen molar-refractivity contribution in [2.24, 2.45) is 11.8 Å². The van der Waals surface area contributed by atoms with Crippen molar-refractivity contribution >= 4 is 0 Å². The SMILES string of the molecule is CC1CCCC(Cn2cncc2C2CCCNC2)C1. The van der Waals surface area contributed by atoms with Gasteiger partial charge < -0.3 is 9.88 Å². The van der Waals surface area contributed by atoms with Crippen molar-refractivity contribution < 1.29 is 0 Å². The number of imidazole rings is 1. The molecule has 3 nitrogen and oxygen atoms in total. The number of nitrogens with one attached hydrogen (secondary N) is 1. The molecular weight excluding hydrogens is 234 g/mol. The molecule has 3 unspecified atom stereocenters. The van der Waals surface area contributed by atoms with E-state index in [1.807, 2.05) is 0 Å². The number of nitrogens with zero attached hydrogens (tertiary/aromatic N) is 2. The Balaban J connectivity index is 1.65. The first-order valence-corrected chi connectivity index (χ1v) is 8.03. The molecule has 3 rings (SSSR count). The van der Waals surface area contributed by atoms with Crippen LogP contribution in [0.5, 0.6) is 0 Å². The Labute approximate surface area is 116 Å². The minimum atomic E-state index is 0.678. The molecular formula is C16H27N3. The fourth-order valence-electron chi connectivity index (χ4n) is 3.93. The summed E-state index contributed by atoms with van der Waals surface area (Å²) in [7, 11) is 0. The zero-order chi connectivity index (χ0) is 13.1. The highest BCUT2D eigenvalue weighted by atomic mass is 15.1. The Morgan fingerprint density at radius 1 is 1.32 bits per heavy atom. The first-order chi connectivity index (χ1) is 9.33. The van der Waals surface area contributed by atoms with E-state index in [4.69, 9.17) is 0 Å². The van der Waals surface area contributed by atoms with Gasteiger partial charge in [0.2, 0.25) is 0 Å². The second kappa shape index (κ2) is 6.08. The summed E-state index contributed by atoms with van der Waals surface area (Å²) in [6.07, 6.45) is 12.4. The second-order valence-electron chi connectivity index (χ2n) is 6.65. The Hall–Kier alpha value is -0.830. The number of piperidine rings is 1. The van der Waals surface area contributed by atoms with Gasteiger partial charge in [-0.15, -0.1) is 0 Å². The molecule has 0 spiro atoms. The third-order valence-corrected chi connectivity index (χ3v) is 4.96. The Morgan fingerprint density at radius 2 is 2.26 bits per heavy atom. The van der Waals surface area contributed by atoms with Crippen LogP contribution in [0.3, 0.4) is 0 Å². The molecule has 0 bridgehead atoms. The van der Waals surface area contributed by atoms with Gasteiger partial charge in [0.25, 0.3) is 0 Å². The average Bonchev–Trinajstić information content (AvgIpc) is 2.88. The van der Waals surface area contributed by atoms with E-state index in [1.165, 1.54) is 57.3 Å². The molecule has 0 aromatic carbocycles. The lowest BCUT2D eigenvalue weighted by atomic mass is 9.82. The highest BCUT2D eigenvalue weighted by Gasteiger charge is 2.23. The van der Waals surface area contributed by atoms with Crippen molar-refractivity contribution in [3.05, 3.63) is 18.2 Å². The topological polar surface area (TPSA) is 29.9 Å². The van der Waals surface area contributed by atoms with Crippen LogP contribution >= 0.6 is 0 Å². The van der Waals surface area contributed by atoms with Gasteiger partial charge in [-0.1, -0.05) is 19.8 Å². The molecule has 1 N–H and O–H groups in total. The summed E-state index contributed by atoms with van der Waals surface area (Å²) in [5.41, 5.74) is 1.46. The summed E-state index contributed by atoms with van der Waals surface area (Å²) in [5.74, 6) is 2.47. The smallest absolute Gasteiger partial charge is 0.0948 e. The standard InChI is InChI=1S/C16H27N3/c1-13-4-2-5-14(8-13)11-19-12-18-10-16(19)15-6-3-7-17-9-15/h10,12-15,17H,2-9,11H2,1H3. The predicted molar refractivity (Wildman–Crippen MR) is 78.2 cm³/mol. The third-order valence-electron chi connectivity index (χ3n) is 4.96. The zero-order valence-electron chi connectivity index (χ0n) is 12.1. The molecule has 1 saturated heterocycles. The van der Waals surface area contributed by atoms with Gasteiger partial charge in [-0.05, 0) is 44.1 Å². The van der Waals surface area contributed by atoms with Gasteiger partial charge in [-0.3, -0.25) is 0 Å². The van der Waals surface area contributed by atoms with Crippen LogP contribution in [0.25, 0.3) is 0 Å². The first-order valence-electron chi connectivity index (χ1n) is 8.03. The maximum Gasteiger partial charge on any atom is 0.0948 e. The Bertz CT molecular complexity index is 392. The molecule has 2 aliphatic rings. The summed E-state index contributed by atoms with van der Waals surface area (Å²) < 4.78 is 2.44. The number of aromatic nitrogens is 2. The lowest BCUT2D eigenvalue weighted by Crippen LogP contribution is -2.30. The molecule has 106 valence electrons. The first kappa shape index (κ1) is 13.2. The van der Waals surface area contributed by atoms with Gasteiger partial charge in [0.15, 0.2) is 0 Å². The van der Waals surface area contributed by atoms with E-state index in [1.54, 1.807) is 0 Å². The fourth-order valence-corrected chi connectivity index (χ4v) is 3.93. The van der Waals surface area contributed by atoms with E-state index < -0.39 is 0 Å². The number of hydrogen-bond acceptors (Lipinski definition) is 2. The molecule has 0 radical (unpaired) electrons. The van der Waals surface area contributed by atoms with E-state index in [0.29, 0.717) is 5.92 Å². The van der Waals surface area contributed by atoms with E-state index in [0.717, 1.165) is 18.4 Å². The molecule has 3 atom stereocenters. The van der Waals surface area contributed by atoms with Crippen molar-refractivity contribution in [1.82, 2.24) is 14.9 Å². The van der Waals surface area contributed by atoms with Crippen LogP contribution < -0.4 is 5.32 Å². The van der Waals surface area contributed by atoms with Crippen LogP contribution in [0, 0.1) is 11.8 Å².